The van der Waals surface area contributed by atoms with Crippen LogP contribution in [0.1, 0.15) is 47.0 Å². The van der Waals surface area contributed by atoms with Gasteiger partial charge in [0.2, 0.25) is 0 Å². The Morgan fingerprint density at radius 3 is 1.65 bits per heavy atom. The van der Waals surface area contributed by atoms with Crippen molar-refractivity contribution in [2.24, 2.45) is 0 Å². The van der Waals surface area contributed by atoms with E-state index in [-0.39, 0.29) is 19.3 Å². The van der Waals surface area contributed by atoms with E-state index < -0.39 is 48.6 Å². The quantitative estimate of drug-likeness (QED) is 0.559. The third-order valence-electron chi connectivity index (χ3n) is 3.41. The number of rotatable bonds is 6. The fourth-order valence-corrected chi connectivity index (χ4v) is 2.12. The first-order chi connectivity index (χ1) is 10.8. The molecule has 0 aromatic heterocycles. The first kappa shape index (κ1) is 19.4. The average molecular weight is 332 g/mol. The Labute approximate surface area is 135 Å². The first-order valence-corrected chi connectivity index (χ1v) is 7.75. The molecule has 0 spiro atoms. The second-order valence-electron chi connectivity index (χ2n) is 5.16. The van der Waals surface area contributed by atoms with Crippen molar-refractivity contribution in [3.8, 4) is 0 Å². The van der Waals surface area contributed by atoms with Crippen molar-refractivity contribution in [2.45, 2.75) is 77.7 Å². The zero-order chi connectivity index (χ0) is 17.6. The van der Waals surface area contributed by atoms with Crippen LogP contribution in [0.15, 0.2) is 0 Å². The summed E-state index contributed by atoms with van der Waals surface area (Å²) in [6, 6.07) is 0. The molecule has 1 fully saturated rings. The van der Waals surface area contributed by atoms with Gasteiger partial charge < -0.3 is 24.1 Å². The van der Waals surface area contributed by atoms with E-state index in [1.54, 1.807) is 27.7 Å². The number of hydrogen-bond acceptors (Lipinski definition) is 8. The summed E-state index contributed by atoms with van der Waals surface area (Å²) < 4.78 is 20.9. The van der Waals surface area contributed by atoms with Crippen LogP contribution < -0.4 is 0 Å². The zero-order valence-corrected chi connectivity index (χ0v) is 13.8. The molecular formula is C15H24O8. The Balaban J connectivity index is 3.04. The minimum absolute atomic E-state index is 0.0760. The highest BCUT2D eigenvalue weighted by Gasteiger charge is 2.50. The highest BCUT2D eigenvalue weighted by Crippen LogP contribution is 2.28. The van der Waals surface area contributed by atoms with E-state index in [1.807, 2.05) is 0 Å². The molecule has 0 aromatic carbocycles. The fourth-order valence-electron chi connectivity index (χ4n) is 2.12. The maximum Gasteiger partial charge on any atom is 0.306 e. The minimum atomic E-state index is -1.48. The van der Waals surface area contributed by atoms with E-state index in [0.29, 0.717) is 0 Å². The number of aliphatic hydroxyl groups is 1. The van der Waals surface area contributed by atoms with Gasteiger partial charge in [-0.25, -0.2) is 0 Å². The van der Waals surface area contributed by atoms with Gasteiger partial charge in [-0.05, 0) is 6.92 Å². The van der Waals surface area contributed by atoms with Gasteiger partial charge in [-0.15, -0.1) is 0 Å². The van der Waals surface area contributed by atoms with Crippen molar-refractivity contribution in [3.63, 3.8) is 0 Å². The van der Waals surface area contributed by atoms with E-state index in [1.165, 1.54) is 0 Å². The normalized spacial score (nSPS) is 30.4. The summed E-state index contributed by atoms with van der Waals surface area (Å²) in [6.07, 6.45) is -5.29. The number of ether oxygens (including phenoxy) is 4. The third-order valence-corrected chi connectivity index (χ3v) is 3.41. The van der Waals surface area contributed by atoms with Gasteiger partial charge >= 0.3 is 17.9 Å². The maximum absolute atomic E-state index is 11.7. The summed E-state index contributed by atoms with van der Waals surface area (Å²) in [5.41, 5.74) is 0. The number of esters is 3. The first-order valence-electron chi connectivity index (χ1n) is 7.75. The van der Waals surface area contributed by atoms with Gasteiger partial charge in [-0.2, -0.15) is 0 Å². The van der Waals surface area contributed by atoms with Crippen LogP contribution in [-0.4, -0.2) is 53.7 Å². The number of aliphatic hydroxyl groups excluding tert-OH is 1. The van der Waals surface area contributed by atoms with Crippen molar-refractivity contribution in [1.29, 1.82) is 0 Å². The summed E-state index contributed by atoms with van der Waals surface area (Å²) in [5.74, 6) is -1.67. The third kappa shape index (κ3) is 5.18. The van der Waals surface area contributed by atoms with Gasteiger partial charge in [0.25, 0.3) is 0 Å². The van der Waals surface area contributed by atoms with Crippen LogP contribution in [0.5, 0.6) is 0 Å². The number of hydrogen-bond donors (Lipinski definition) is 1. The standard InChI is InChI=1S/C15H24O8/c1-5-9(16)21-12-8(4)20-15(19)14(23-11(18)7-3)13(12)22-10(17)6-2/h8,12-15,19H,5-7H2,1-4H3/t8-,12+,13+,14-,15?/m0/s1. The molecule has 0 bridgehead atoms. The predicted octanol–water partition coefficient (Wildman–Crippen LogP) is 0.689. The summed E-state index contributed by atoms with van der Waals surface area (Å²) >= 11 is 0. The molecule has 8 nitrogen and oxygen atoms in total. The molecule has 1 unspecified atom stereocenters. The number of carbonyl (C=O) groups is 3. The van der Waals surface area contributed by atoms with Crippen LogP contribution in [0.3, 0.4) is 0 Å². The van der Waals surface area contributed by atoms with E-state index >= 15 is 0 Å². The van der Waals surface area contributed by atoms with E-state index in [0.717, 1.165) is 0 Å². The molecule has 1 heterocycles. The SMILES string of the molecule is CCC(=O)O[C@@H]1[C@H](OC(=O)CC)[C@H](C)OC(O)[C@H]1OC(=O)CC. The lowest BCUT2D eigenvalue weighted by atomic mass is 9.99. The Morgan fingerprint density at radius 1 is 0.826 bits per heavy atom. The highest BCUT2D eigenvalue weighted by atomic mass is 16.7. The maximum atomic E-state index is 11.7. The largest absolute Gasteiger partial charge is 0.455 e. The van der Waals surface area contributed by atoms with E-state index in [2.05, 4.69) is 0 Å². The van der Waals surface area contributed by atoms with Gasteiger partial charge in [-0.3, -0.25) is 14.4 Å². The lowest BCUT2D eigenvalue weighted by Crippen LogP contribution is -2.60. The van der Waals surface area contributed by atoms with Gasteiger partial charge in [0, 0.05) is 19.3 Å². The molecule has 0 aromatic rings. The van der Waals surface area contributed by atoms with Crippen LogP contribution in [0.4, 0.5) is 0 Å². The van der Waals surface area contributed by atoms with Gasteiger partial charge in [-0.1, -0.05) is 20.8 Å². The summed E-state index contributed by atoms with van der Waals surface area (Å²) in [6.45, 7) is 6.37. The molecule has 23 heavy (non-hydrogen) atoms. The van der Waals surface area contributed by atoms with Crippen LogP contribution in [0, 0.1) is 0 Å². The smallest absolute Gasteiger partial charge is 0.306 e. The van der Waals surface area contributed by atoms with Crippen LogP contribution >= 0.6 is 0 Å². The Morgan fingerprint density at radius 2 is 1.22 bits per heavy atom. The Kier molecular flexibility index (Phi) is 7.44. The lowest BCUT2D eigenvalue weighted by molar-refractivity contribution is -0.289. The molecule has 0 aliphatic carbocycles. The van der Waals surface area contributed by atoms with Gasteiger partial charge in [0.1, 0.15) is 0 Å². The summed E-state index contributed by atoms with van der Waals surface area (Å²) in [4.78, 5) is 34.8. The van der Waals surface area contributed by atoms with Crippen molar-refractivity contribution in [1.82, 2.24) is 0 Å². The van der Waals surface area contributed by atoms with E-state index in [4.69, 9.17) is 18.9 Å². The molecule has 1 aliphatic heterocycles. The molecule has 132 valence electrons. The molecular weight excluding hydrogens is 308 g/mol. The predicted molar refractivity (Wildman–Crippen MR) is 77.1 cm³/mol. The monoisotopic (exact) mass is 332 g/mol. The molecule has 1 aliphatic rings. The molecule has 1 rings (SSSR count). The molecule has 1 N–H and O–H groups in total. The fraction of sp³-hybridized carbons (Fsp3) is 0.800. The van der Waals surface area contributed by atoms with Gasteiger partial charge in [0.05, 0.1) is 6.10 Å². The second kappa shape index (κ2) is 8.83. The summed E-state index contributed by atoms with van der Waals surface area (Å²) in [5, 5.41) is 10.0. The van der Waals surface area contributed by atoms with Crippen molar-refractivity contribution < 1.29 is 38.4 Å². The minimum Gasteiger partial charge on any atom is -0.455 e. The Hall–Kier alpha value is -1.67. The van der Waals surface area contributed by atoms with Crippen LogP contribution in [-0.2, 0) is 33.3 Å². The van der Waals surface area contributed by atoms with E-state index in [9.17, 15) is 19.5 Å². The molecule has 5 atom stereocenters. The van der Waals surface area contributed by atoms with Crippen molar-refractivity contribution >= 4 is 17.9 Å². The summed E-state index contributed by atoms with van der Waals surface area (Å²) in [7, 11) is 0. The second-order valence-corrected chi connectivity index (χ2v) is 5.16. The van der Waals surface area contributed by atoms with Crippen LogP contribution in [0.2, 0.25) is 0 Å². The topological polar surface area (TPSA) is 108 Å². The van der Waals surface area contributed by atoms with Crippen molar-refractivity contribution in [3.05, 3.63) is 0 Å². The molecule has 0 saturated carbocycles. The van der Waals surface area contributed by atoms with Crippen LogP contribution in [0.25, 0.3) is 0 Å². The molecule has 0 amide bonds. The van der Waals surface area contributed by atoms with Gasteiger partial charge in [0.15, 0.2) is 24.6 Å². The average Bonchev–Trinajstić information content (AvgIpc) is 2.53. The number of carbonyl (C=O) groups excluding carboxylic acids is 3. The molecule has 8 heteroatoms. The lowest BCUT2D eigenvalue weighted by Gasteiger charge is -2.42. The van der Waals surface area contributed by atoms with Crippen molar-refractivity contribution in [2.75, 3.05) is 0 Å². The zero-order valence-electron chi connectivity index (χ0n) is 13.8. The Bertz CT molecular complexity index is 405. The highest BCUT2D eigenvalue weighted by molar-refractivity contribution is 5.71. The molecule has 1 saturated heterocycles. The molecule has 0 radical (unpaired) electrons.